The van der Waals surface area contributed by atoms with Crippen molar-refractivity contribution in [2.45, 2.75) is 13.5 Å². The highest BCUT2D eigenvalue weighted by Crippen LogP contribution is 2.16. The molecule has 1 N–H and O–H groups in total. The summed E-state index contributed by atoms with van der Waals surface area (Å²) in [6.07, 6.45) is 1.77. The molecule has 17 heavy (non-hydrogen) atoms. The number of nitrogens with zero attached hydrogens (tertiary/aromatic N) is 1. The summed E-state index contributed by atoms with van der Waals surface area (Å²) in [6, 6.07) is 8.03. The van der Waals surface area contributed by atoms with Crippen LogP contribution in [0.4, 0.5) is 0 Å². The molecular weight excluding hydrogens is 218 g/mol. The Labute approximate surface area is 98.9 Å². The van der Waals surface area contributed by atoms with Crippen molar-refractivity contribution < 1.29 is 14.6 Å². The van der Waals surface area contributed by atoms with E-state index in [1.165, 1.54) is 5.56 Å². The van der Waals surface area contributed by atoms with Gasteiger partial charge in [-0.1, -0.05) is 23.8 Å². The highest BCUT2D eigenvalue weighted by molar-refractivity contribution is 5.82. The van der Waals surface area contributed by atoms with Gasteiger partial charge in [-0.25, -0.2) is 4.79 Å². The van der Waals surface area contributed by atoms with Crippen LogP contribution >= 0.6 is 0 Å². The Balaban J connectivity index is 2.16. The number of hydrogen-bond acceptors (Lipinski definition) is 3. The second-order valence-electron chi connectivity index (χ2n) is 3.91. The minimum Gasteiger partial charge on any atom is -0.480 e. The zero-order valence-corrected chi connectivity index (χ0v) is 9.51. The standard InChI is InChI=1S/C13H13NO3/c1-9-2-3-10-6-14-12(5-11(10)4-9)7-17-8-13(15)16/h2-6H,7-8H2,1H3,(H,15,16). The molecule has 4 nitrogen and oxygen atoms in total. The van der Waals surface area contributed by atoms with Crippen LogP contribution in [0, 0.1) is 6.92 Å². The fourth-order valence-corrected chi connectivity index (χ4v) is 1.63. The van der Waals surface area contributed by atoms with Crippen molar-refractivity contribution in [3.63, 3.8) is 0 Å². The zero-order chi connectivity index (χ0) is 12.3. The SMILES string of the molecule is Cc1ccc2cnc(COCC(=O)O)cc2c1. The van der Waals surface area contributed by atoms with Crippen molar-refractivity contribution in [3.8, 4) is 0 Å². The van der Waals surface area contributed by atoms with Gasteiger partial charge in [0, 0.05) is 11.6 Å². The molecular formula is C13H13NO3. The van der Waals surface area contributed by atoms with Gasteiger partial charge in [0.2, 0.25) is 0 Å². The van der Waals surface area contributed by atoms with Crippen molar-refractivity contribution in [2.24, 2.45) is 0 Å². The molecule has 0 aliphatic rings. The Bertz CT molecular complexity index is 551. The Morgan fingerprint density at radius 2 is 2.18 bits per heavy atom. The average Bonchev–Trinajstić information content (AvgIpc) is 2.28. The number of rotatable bonds is 4. The molecule has 1 aromatic carbocycles. The molecule has 1 heterocycles. The molecule has 0 saturated heterocycles. The minimum absolute atomic E-state index is 0.218. The average molecular weight is 231 g/mol. The van der Waals surface area contributed by atoms with Crippen LogP contribution in [0.15, 0.2) is 30.5 Å². The molecule has 1 aromatic heterocycles. The second-order valence-corrected chi connectivity index (χ2v) is 3.91. The Morgan fingerprint density at radius 3 is 2.94 bits per heavy atom. The van der Waals surface area contributed by atoms with Gasteiger partial charge in [-0.15, -0.1) is 0 Å². The first-order chi connectivity index (χ1) is 8.15. The van der Waals surface area contributed by atoms with Gasteiger partial charge in [0.15, 0.2) is 0 Å². The lowest BCUT2D eigenvalue weighted by atomic mass is 10.1. The van der Waals surface area contributed by atoms with Crippen molar-refractivity contribution >= 4 is 16.7 Å². The molecule has 0 aliphatic carbocycles. The molecule has 0 saturated carbocycles. The zero-order valence-electron chi connectivity index (χ0n) is 9.51. The monoisotopic (exact) mass is 231 g/mol. The normalized spacial score (nSPS) is 10.6. The number of aryl methyl sites for hydroxylation is 1. The third-order valence-electron chi connectivity index (χ3n) is 2.41. The van der Waals surface area contributed by atoms with Gasteiger partial charge in [-0.05, 0) is 18.4 Å². The van der Waals surface area contributed by atoms with Gasteiger partial charge in [-0.3, -0.25) is 4.98 Å². The molecule has 0 aliphatic heterocycles. The number of aliphatic carboxylic acids is 1. The fourth-order valence-electron chi connectivity index (χ4n) is 1.63. The maximum Gasteiger partial charge on any atom is 0.329 e. The summed E-state index contributed by atoms with van der Waals surface area (Å²) in [5.74, 6) is -0.971. The van der Waals surface area contributed by atoms with Gasteiger partial charge in [0.05, 0.1) is 12.3 Å². The van der Waals surface area contributed by atoms with Crippen LogP contribution in [0.3, 0.4) is 0 Å². The number of ether oxygens (including phenoxy) is 1. The lowest BCUT2D eigenvalue weighted by Crippen LogP contribution is -2.07. The number of fused-ring (bicyclic) bond motifs is 1. The molecule has 2 rings (SSSR count). The second kappa shape index (κ2) is 4.93. The lowest BCUT2D eigenvalue weighted by molar-refractivity contribution is -0.142. The van der Waals surface area contributed by atoms with E-state index in [1.54, 1.807) is 6.20 Å². The first-order valence-corrected chi connectivity index (χ1v) is 5.30. The molecule has 0 unspecified atom stereocenters. The predicted octanol–water partition coefficient (Wildman–Crippen LogP) is 2.14. The lowest BCUT2D eigenvalue weighted by Gasteiger charge is -2.04. The van der Waals surface area contributed by atoms with E-state index in [0.29, 0.717) is 0 Å². The van der Waals surface area contributed by atoms with Gasteiger partial charge < -0.3 is 9.84 Å². The van der Waals surface area contributed by atoms with Gasteiger partial charge in [0.1, 0.15) is 6.61 Å². The first-order valence-electron chi connectivity index (χ1n) is 5.30. The molecule has 0 bridgehead atoms. The van der Waals surface area contributed by atoms with Crippen molar-refractivity contribution in [3.05, 3.63) is 41.7 Å². The summed E-state index contributed by atoms with van der Waals surface area (Å²) in [7, 11) is 0. The van der Waals surface area contributed by atoms with Gasteiger partial charge in [0.25, 0.3) is 0 Å². The molecule has 0 radical (unpaired) electrons. The Morgan fingerprint density at radius 1 is 1.35 bits per heavy atom. The summed E-state index contributed by atoms with van der Waals surface area (Å²) < 4.78 is 5.00. The van der Waals surface area contributed by atoms with Crippen LogP contribution in [0.25, 0.3) is 10.8 Å². The maximum absolute atomic E-state index is 10.3. The van der Waals surface area contributed by atoms with Crippen LogP contribution in [-0.2, 0) is 16.1 Å². The highest BCUT2D eigenvalue weighted by atomic mass is 16.5. The van der Waals surface area contributed by atoms with Crippen molar-refractivity contribution in [2.75, 3.05) is 6.61 Å². The maximum atomic E-state index is 10.3. The number of aromatic nitrogens is 1. The third-order valence-corrected chi connectivity index (χ3v) is 2.41. The van der Waals surface area contributed by atoms with Crippen LogP contribution in [0.5, 0.6) is 0 Å². The van der Waals surface area contributed by atoms with Gasteiger partial charge >= 0.3 is 5.97 Å². The van der Waals surface area contributed by atoms with Crippen molar-refractivity contribution in [1.29, 1.82) is 0 Å². The molecule has 0 spiro atoms. The summed E-state index contributed by atoms with van der Waals surface area (Å²) in [5.41, 5.74) is 1.92. The number of benzene rings is 1. The summed E-state index contributed by atoms with van der Waals surface area (Å²) in [4.78, 5) is 14.5. The van der Waals surface area contributed by atoms with E-state index in [0.717, 1.165) is 16.5 Å². The summed E-state index contributed by atoms with van der Waals surface area (Å²) in [5, 5.41) is 10.6. The Hall–Kier alpha value is -1.94. The van der Waals surface area contributed by atoms with Crippen LogP contribution in [0.1, 0.15) is 11.3 Å². The third kappa shape index (κ3) is 3.01. The predicted molar refractivity (Wildman–Crippen MR) is 63.8 cm³/mol. The quantitative estimate of drug-likeness (QED) is 0.875. The minimum atomic E-state index is -0.971. The molecule has 0 amide bonds. The molecule has 0 atom stereocenters. The van der Waals surface area contributed by atoms with Crippen LogP contribution < -0.4 is 0 Å². The van der Waals surface area contributed by atoms with E-state index in [4.69, 9.17) is 9.84 Å². The van der Waals surface area contributed by atoms with Crippen molar-refractivity contribution in [1.82, 2.24) is 4.98 Å². The molecule has 88 valence electrons. The molecule has 0 fully saturated rings. The van der Waals surface area contributed by atoms with E-state index in [1.807, 2.05) is 25.1 Å². The number of carboxylic acids is 1. The van der Waals surface area contributed by atoms with Gasteiger partial charge in [-0.2, -0.15) is 0 Å². The molecule has 4 heteroatoms. The Kier molecular flexibility index (Phi) is 3.35. The number of hydrogen-bond donors (Lipinski definition) is 1. The van der Waals surface area contributed by atoms with E-state index < -0.39 is 5.97 Å². The number of pyridine rings is 1. The number of carboxylic acid groups (broad SMARTS) is 1. The smallest absolute Gasteiger partial charge is 0.329 e. The topological polar surface area (TPSA) is 59.4 Å². The van der Waals surface area contributed by atoms with E-state index >= 15 is 0 Å². The van der Waals surface area contributed by atoms with E-state index in [2.05, 4.69) is 11.1 Å². The highest BCUT2D eigenvalue weighted by Gasteiger charge is 2.01. The van der Waals surface area contributed by atoms with Crippen LogP contribution in [0.2, 0.25) is 0 Å². The first kappa shape index (κ1) is 11.5. The summed E-state index contributed by atoms with van der Waals surface area (Å²) in [6.45, 7) is 1.95. The largest absolute Gasteiger partial charge is 0.480 e. The summed E-state index contributed by atoms with van der Waals surface area (Å²) >= 11 is 0. The van der Waals surface area contributed by atoms with Crippen LogP contribution in [-0.4, -0.2) is 22.7 Å². The number of carbonyl (C=O) groups is 1. The van der Waals surface area contributed by atoms with E-state index in [9.17, 15) is 4.79 Å². The molecule has 2 aromatic rings. The van der Waals surface area contributed by atoms with E-state index in [-0.39, 0.29) is 13.2 Å². The fraction of sp³-hybridized carbons (Fsp3) is 0.231.